The Kier molecular flexibility index (Phi) is 3.98. The highest BCUT2D eigenvalue weighted by Gasteiger charge is 2.29. The summed E-state index contributed by atoms with van der Waals surface area (Å²) >= 11 is 0. The van der Waals surface area contributed by atoms with Crippen LogP contribution in [0.5, 0.6) is 5.75 Å². The number of ether oxygens (including phenoxy) is 1. The van der Waals surface area contributed by atoms with Gasteiger partial charge in [-0.05, 0) is 36.5 Å². The van der Waals surface area contributed by atoms with Crippen molar-refractivity contribution in [2.45, 2.75) is 20.3 Å². The van der Waals surface area contributed by atoms with E-state index >= 15 is 0 Å². The van der Waals surface area contributed by atoms with E-state index in [0.29, 0.717) is 28.8 Å². The summed E-state index contributed by atoms with van der Waals surface area (Å²) in [5.74, 6) is 1.82. The topological polar surface area (TPSA) is 55.6 Å². The van der Waals surface area contributed by atoms with Crippen LogP contribution in [-0.2, 0) is 0 Å². The molecule has 0 spiro atoms. The van der Waals surface area contributed by atoms with Crippen LogP contribution in [0.25, 0.3) is 0 Å². The van der Waals surface area contributed by atoms with Gasteiger partial charge in [0.2, 0.25) is 0 Å². The van der Waals surface area contributed by atoms with E-state index in [0.717, 1.165) is 19.5 Å². The molecule has 1 saturated heterocycles. The smallest absolute Gasteiger partial charge is 0.257 e. The summed E-state index contributed by atoms with van der Waals surface area (Å²) in [5.41, 5.74) is 6.92. The van der Waals surface area contributed by atoms with Gasteiger partial charge in [0.25, 0.3) is 5.91 Å². The van der Waals surface area contributed by atoms with Crippen molar-refractivity contribution in [3.05, 3.63) is 23.8 Å². The number of nitrogens with two attached hydrogens (primary N) is 1. The standard InChI is InChI=1S/C15H22N2O2/c1-10(2)11-6-7-17(9-11)15(18)13-8-12(16)4-5-14(13)19-3/h4-5,8,10-11H,6-7,9,16H2,1-3H3. The third-order valence-corrected chi connectivity index (χ3v) is 3.91. The normalized spacial score (nSPS) is 18.9. The van der Waals surface area contributed by atoms with Crippen molar-refractivity contribution in [3.8, 4) is 5.75 Å². The lowest BCUT2D eigenvalue weighted by Crippen LogP contribution is -2.29. The number of nitrogen functional groups attached to an aromatic ring is 1. The van der Waals surface area contributed by atoms with Crippen molar-refractivity contribution in [2.75, 3.05) is 25.9 Å². The van der Waals surface area contributed by atoms with Gasteiger partial charge in [-0.15, -0.1) is 0 Å². The molecule has 0 aromatic heterocycles. The van der Waals surface area contributed by atoms with Crippen molar-refractivity contribution in [3.63, 3.8) is 0 Å². The number of likely N-dealkylation sites (tertiary alicyclic amines) is 1. The summed E-state index contributed by atoms with van der Waals surface area (Å²) in [7, 11) is 1.57. The maximum absolute atomic E-state index is 12.5. The van der Waals surface area contributed by atoms with Gasteiger partial charge >= 0.3 is 0 Å². The van der Waals surface area contributed by atoms with E-state index < -0.39 is 0 Å². The number of carbonyl (C=O) groups is 1. The molecule has 0 radical (unpaired) electrons. The van der Waals surface area contributed by atoms with Gasteiger partial charge in [-0.1, -0.05) is 13.8 Å². The monoisotopic (exact) mass is 262 g/mol. The average Bonchev–Trinajstić information content (AvgIpc) is 2.87. The molecule has 1 aromatic rings. The molecular formula is C15H22N2O2. The molecule has 0 bridgehead atoms. The van der Waals surface area contributed by atoms with Crippen molar-refractivity contribution >= 4 is 11.6 Å². The fraction of sp³-hybridized carbons (Fsp3) is 0.533. The number of hydrogen-bond acceptors (Lipinski definition) is 3. The first kappa shape index (κ1) is 13.7. The number of anilines is 1. The molecule has 1 heterocycles. The van der Waals surface area contributed by atoms with Gasteiger partial charge in [-0.2, -0.15) is 0 Å². The van der Waals surface area contributed by atoms with Gasteiger partial charge < -0.3 is 15.4 Å². The molecule has 1 fully saturated rings. The zero-order valence-corrected chi connectivity index (χ0v) is 11.8. The number of amides is 1. The molecule has 2 rings (SSSR count). The van der Waals surface area contributed by atoms with Gasteiger partial charge in [0.05, 0.1) is 12.7 Å². The Morgan fingerprint density at radius 2 is 2.21 bits per heavy atom. The minimum absolute atomic E-state index is 0.0206. The summed E-state index contributed by atoms with van der Waals surface area (Å²) in [5, 5.41) is 0. The van der Waals surface area contributed by atoms with Crippen molar-refractivity contribution in [1.29, 1.82) is 0 Å². The first-order valence-electron chi connectivity index (χ1n) is 6.75. The Morgan fingerprint density at radius 3 is 2.79 bits per heavy atom. The Balaban J connectivity index is 2.19. The number of carbonyl (C=O) groups excluding carboxylic acids is 1. The van der Waals surface area contributed by atoms with Crippen LogP contribution >= 0.6 is 0 Å². The van der Waals surface area contributed by atoms with Crippen molar-refractivity contribution in [1.82, 2.24) is 4.90 Å². The average molecular weight is 262 g/mol. The number of rotatable bonds is 3. The molecule has 2 N–H and O–H groups in total. The zero-order valence-electron chi connectivity index (χ0n) is 11.8. The fourth-order valence-electron chi connectivity index (χ4n) is 2.58. The molecule has 1 amide bonds. The maximum atomic E-state index is 12.5. The highest BCUT2D eigenvalue weighted by atomic mass is 16.5. The molecule has 1 aliphatic heterocycles. The molecule has 19 heavy (non-hydrogen) atoms. The molecule has 104 valence electrons. The van der Waals surface area contributed by atoms with Crippen LogP contribution in [0.3, 0.4) is 0 Å². The minimum Gasteiger partial charge on any atom is -0.496 e. The number of benzene rings is 1. The maximum Gasteiger partial charge on any atom is 0.257 e. The van der Waals surface area contributed by atoms with E-state index in [1.165, 1.54) is 0 Å². The molecular weight excluding hydrogens is 240 g/mol. The van der Waals surface area contributed by atoms with E-state index in [9.17, 15) is 4.79 Å². The summed E-state index contributed by atoms with van der Waals surface area (Å²) in [4.78, 5) is 14.4. The van der Waals surface area contributed by atoms with E-state index in [2.05, 4.69) is 13.8 Å². The van der Waals surface area contributed by atoms with Gasteiger partial charge in [0, 0.05) is 18.8 Å². The second-order valence-electron chi connectivity index (χ2n) is 5.50. The summed E-state index contributed by atoms with van der Waals surface area (Å²) in [6.07, 6.45) is 1.08. The van der Waals surface area contributed by atoms with E-state index in [1.54, 1.807) is 25.3 Å². The molecule has 1 atom stereocenters. The van der Waals surface area contributed by atoms with Gasteiger partial charge in [0.1, 0.15) is 5.75 Å². The first-order chi connectivity index (χ1) is 9.02. The summed E-state index contributed by atoms with van der Waals surface area (Å²) in [6, 6.07) is 5.19. The third kappa shape index (κ3) is 2.83. The van der Waals surface area contributed by atoms with Crippen LogP contribution in [-0.4, -0.2) is 31.0 Å². The van der Waals surface area contributed by atoms with E-state index in [4.69, 9.17) is 10.5 Å². The lowest BCUT2D eigenvalue weighted by Gasteiger charge is -2.19. The fourth-order valence-corrected chi connectivity index (χ4v) is 2.58. The second kappa shape index (κ2) is 5.51. The second-order valence-corrected chi connectivity index (χ2v) is 5.50. The van der Waals surface area contributed by atoms with Crippen LogP contribution < -0.4 is 10.5 Å². The molecule has 1 unspecified atom stereocenters. The Bertz CT molecular complexity index is 471. The first-order valence-corrected chi connectivity index (χ1v) is 6.75. The van der Waals surface area contributed by atoms with Gasteiger partial charge in [-0.3, -0.25) is 4.79 Å². The molecule has 0 saturated carbocycles. The third-order valence-electron chi connectivity index (χ3n) is 3.91. The number of nitrogens with zero attached hydrogens (tertiary/aromatic N) is 1. The largest absolute Gasteiger partial charge is 0.496 e. The molecule has 4 heteroatoms. The van der Waals surface area contributed by atoms with Crippen LogP contribution in [0.4, 0.5) is 5.69 Å². The zero-order chi connectivity index (χ0) is 14.0. The van der Waals surface area contributed by atoms with Crippen LogP contribution in [0, 0.1) is 11.8 Å². The lowest BCUT2D eigenvalue weighted by molar-refractivity contribution is 0.0780. The summed E-state index contributed by atoms with van der Waals surface area (Å²) in [6.45, 7) is 6.06. The predicted octanol–water partition coefficient (Wildman–Crippen LogP) is 2.40. The summed E-state index contributed by atoms with van der Waals surface area (Å²) < 4.78 is 5.25. The van der Waals surface area contributed by atoms with Crippen LogP contribution in [0.15, 0.2) is 18.2 Å². The number of hydrogen-bond donors (Lipinski definition) is 1. The van der Waals surface area contributed by atoms with Crippen molar-refractivity contribution < 1.29 is 9.53 Å². The minimum atomic E-state index is 0.0206. The lowest BCUT2D eigenvalue weighted by atomic mass is 9.95. The molecule has 0 aliphatic carbocycles. The predicted molar refractivity (Wildman–Crippen MR) is 76.3 cm³/mol. The van der Waals surface area contributed by atoms with E-state index in [-0.39, 0.29) is 5.91 Å². The Hall–Kier alpha value is -1.71. The van der Waals surface area contributed by atoms with E-state index in [1.807, 2.05) is 4.90 Å². The van der Waals surface area contributed by atoms with Gasteiger partial charge in [-0.25, -0.2) is 0 Å². The van der Waals surface area contributed by atoms with Gasteiger partial charge in [0.15, 0.2) is 0 Å². The van der Waals surface area contributed by atoms with Crippen LogP contribution in [0.1, 0.15) is 30.6 Å². The highest BCUT2D eigenvalue weighted by Crippen LogP contribution is 2.28. The quantitative estimate of drug-likeness (QED) is 0.851. The van der Waals surface area contributed by atoms with Crippen LogP contribution in [0.2, 0.25) is 0 Å². The SMILES string of the molecule is COc1ccc(N)cc1C(=O)N1CCC(C(C)C)C1. The Morgan fingerprint density at radius 1 is 1.47 bits per heavy atom. The Labute approximate surface area is 114 Å². The highest BCUT2D eigenvalue weighted by molar-refractivity contribution is 5.98. The molecule has 1 aliphatic rings. The number of methoxy groups -OCH3 is 1. The van der Waals surface area contributed by atoms with Crippen molar-refractivity contribution in [2.24, 2.45) is 11.8 Å². The molecule has 1 aromatic carbocycles. The molecule has 4 nitrogen and oxygen atoms in total.